The second kappa shape index (κ2) is 13.1. The molecule has 0 aliphatic rings. The molecular formula is C27H32F2IN5O7. The number of hydrogen-bond donors (Lipinski definition) is 3. The minimum atomic E-state index is -1.41. The fraction of sp³-hybridized carbons (Fsp3) is 0.444. The number of anilines is 2. The number of amides is 1. The predicted octanol–water partition coefficient (Wildman–Crippen LogP) is 3.18. The van der Waals surface area contributed by atoms with E-state index in [1.165, 1.54) is 19.2 Å². The number of hydrogen-bond acceptors (Lipinski definition) is 9. The van der Waals surface area contributed by atoms with Crippen LogP contribution in [0.4, 0.5) is 25.0 Å². The molecule has 228 valence electrons. The van der Waals surface area contributed by atoms with Crippen LogP contribution in [0.1, 0.15) is 34.6 Å². The standard InChI is InChI=1S/C27H32F2IN5O7/c1-13(2)20(33-26(40)42-27(3,4)5)25(39)41-11-15(36)10-35-12-31-22-18(23(35)37)21(19(29)24(38)34(22)6)32-17-8-7-14(30)9-16(17)28/h7-9,12-13,15,20,32,36H,10-11H2,1-6H3,(H,33,40)/t15-,20+/m0/s1. The van der Waals surface area contributed by atoms with E-state index in [1.807, 2.05) is 22.6 Å². The van der Waals surface area contributed by atoms with E-state index in [9.17, 15) is 28.7 Å². The van der Waals surface area contributed by atoms with Crippen LogP contribution in [-0.2, 0) is 27.9 Å². The van der Waals surface area contributed by atoms with Gasteiger partial charge in [-0.3, -0.25) is 18.7 Å². The summed E-state index contributed by atoms with van der Waals surface area (Å²) in [5, 5.41) is 15.1. The number of nitrogens with one attached hydrogen (secondary N) is 2. The zero-order valence-electron chi connectivity index (χ0n) is 23.8. The zero-order valence-corrected chi connectivity index (χ0v) is 26.0. The monoisotopic (exact) mass is 703 g/mol. The lowest BCUT2D eigenvalue weighted by Crippen LogP contribution is -2.47. The molecular weight excluding hydrogens is 671 g/mol. The van der Waals surface area contributed by atoms with Crippen LogP contribution in [0.25, 0.3) is 11.0 Å². The highest BCUT2D eigenvalue weighted by atomic mass is 127. The van der Waals surface area contributed by atoms with E-state index in [-0.39, 0.29) is 22.6 Å². The Morgan fingerprint density at radius 1 is 1.17 bits per heavy atom. The highest BCUT2D eigenvalue weighted by Gasteiger charge is 2.29. The Bertz CT molecular complexity index is 1620. The number of alkyl carbamates (subject to hydrolysis) is 1. The minimum absolute atomic E-state index is 0.176. The first-order valence-corrected chi connectivity index (χ1v) is 13.9. The summed E-state index contributed by atoms with van der Waals surface area (Å²) >= 11 is 1.89. The van der Waals surface area contributed by atoms with Gasteiger partial charge in [-0.25, -0.2) is 19.0 Å². The van der Waals surface area contributed by atoms with Gasteiger partial charge in [-0.15, -0.1) is 0 Å². The molecule has 0 aliphatic carbocycles. The average molecular weight is 703 g/mol. The van der Waals surface area contributed by atoms with Crippen LogP contribution in [-0.4, -0.2) is 55.6 Å². The van der Waals surface area contributed by atoms with Gasteiger partial charge in [0.1, 0.15) is 41.9 Å². The van der Waals surface area contributed by atoms with Crippen molar-refractivity contribution in [2.45, 2.75) is 58.9 Å². The van der Waals surface area contributed by atoms with Crippen molar-refractivity contribution >= 4 is 57.1 Å². The van der Waals surface area contributed by atoms with E-state index in [0.29, 0.717) is 3.57 Å². The molecule has 0 radical (unpaired) electrons. The normalized spacial score (nSPS) is 13.1. The first kappa shape index (κ1) is 32.9. The third kappa shape index (κ3) is 7.81. The molecule has 0 saturated heterocycles. The molecule has 3 rings (SSSR count). The van der Waals surface area contributed by atoms with Gasteiger partial charge in [-0.05, 0) is 67.5 Å². The van der Waals surface area contributed by atoms with Gasteiger partial charge in [-0.1, -0.05) is 13.8 Å². The summed E-state index contributed by atoms with van der Waals surface area (Å²) in [5.74, 6) is -3.27. The summed E-state index contributed by atoms with van der Waals surface area (Å²) in [6.07, 6.45) is -1.19. The van der Waals surface area contributed by atoms with Crippen molar-refractivity contribution in [2.24, 2.45) is 13.0 Å². The van der Waals surface area contributed by atoms with Gasteiger partial charge < -0.3 is 25.2 Å². The summed E-state index contributed by atoms with van der Waals surface area (Å²) in [6, 6.07) is 2.99. The van der Waals surface area contributed by atoms with E-state index >= 15 is 4.39 Å². The van der Waals surface area contributed by atoms with Crippen LogP contribution in [0.3, 0.4) is 0 Å². The summed E-state index contributed by atoms with van der Waals surface area (Å²) in [5.41, 5.74) is -3.65. The molecule has 0 fully saturated rings. The number of aliphatic hydroxyl groups excluding tert-OH is 1. The maximum Gasteiger partial charge on any atom is 0.408 e. The fourth-order valence-electron chi connectivity index (χ4n) is 3.87. The number of rotatable bonds is 9. The van der Waals surface area contributed by atoms with Crippen molar-refractivity contribution in [3.05, 3.63) is 60.4 Å². The average Bonchev–Trinajstić information content (AvgIpc) is 2.88. The number of fused-ring (bicyclic) bond motifs is 1. The summed E-state index contributed by atoms with van der Waals surface area (Å²) in [7, 11) is 1.23. The van der Waals surface area contributed by atoms with Crippen molar-refractivity contribution < 1.29 is 33.0 Å². The Kier molecular flexibility index (Phi) is 10.3. The topological polar surface area (TPSA) is 154 Å². The van der Waals surface area contributed by atoms with E-state index in [0.717, 1.165) is 15.5 Å². The molecule has 0 bridgehead atoms. The highest BCUT2D eigenvalue weighted by Crippen LogP contribution is 2.26. The Balaban J connectivity index is 1.85. The molecule has 3 aromatic rings. The van der Waals surface area contributed by atoms with Crippen molar-refractivity contribution in [1.29, 1.82) is 0 Å². The number of carbonyl (C=O) groups is 2. The number of halogens is 3. The van der Waals surface area contributed by atoms with E-state index in [1.54, 1.807) is 40.7 Å². The van der Waals surface area contributed by atoms with Gasteiger partial charge in [0.2, 0.25) is 5.82 Å². The maximum atomic E-state index is 15.2. The lowest BCUT2D eigenvalue weighted by atomic mass is 10.1. The first-order chi connectivity index (χ1) is 19.5. The van der Waals surface area contributed by atoms with E-state index < -0.39 is 71.4 Å². The molecule has 1 aromatic carbocycles. The quantitative estimate of drug-likeness (QED) is 0.225. The fourth-order valence-corrected chi connectivity index (χ4v) is 4.32. The molecule has 3 N–H and O–H groups in total. The lowest BCUT2D eigenvalue weighted by Gasteiger charge is -2.25. The molecule has 0 unspecified atom stereocenters. The Morgan fingerprint density at radius 3 is 2.43 bits per heavy atom. The maximum absolute atomic E-state index is 15.2. The van der Waals surface area contributed by atoms with Crippen molar-refractivity contribution in [2.75, 3.05) is 11.9 Å². The highest BCUT2D eigenvalue weighted by molar-refractivity contribution is 14.1. The molecule has 42 heavy (non-hydrogen) atoms. The van der Waals surface area contributed by atoms with Crippen LogP contribution in [0.5, 0.6) is 0 Å². The van der Waals surface area contributed by atoms with E-state index in [4.69, 9.17) is 9.47 Å². The smallest absolute Gasteiger partial charge is 0.408 e. The number of aliphatic hydroxyl groups is 1. The van der Waals surface area contributed by atoms with Crippen LogP contribution >= 0.6 is 22.6 Å². The van der Waals surface area contributed by atoms with Crippen LogP contribution in [0.2, 0.25) is 0 Å². The summed E-state index contributed by atoms with van der Waals surface area (Å²) in [6.45, 7) is 7.39. The number of nitrogens with zero attached hydrogens (tertiary/aromatic N) is 3. The zero-order chi connectivity index (χ0) is 31.5. The molecule has 15 heteroatoms. The van der Waals surface area contributed by atoms with E-state index in [2.05, 4.69) is 15.6 Å². The second-order valence-corrected chi connectivity index (χ2v) is 12.1. The van der Waals surface area contributed by atoms with Crippen molar-refractivity contribution in [3.8, 4) is 0 Å². The van der Waals surface area contributed by atoms with Crippen LogP contribution < -0.4 is 21.8 Å². The van der Waals surface area contributed by atoms with Gasteiger partial charge in [-0.2, -0.15) is 4.39 Å². The molecule has 2 aromatic heterocycles. The third-order valence-corrected chi connectivity index (χ3v) is 6.58. The van der Waals surface area contributed by atoms with Gasteiger partial charge in [0.15, 0.2) is 5.65 Å². The van der Waals surface area contributed by atoms with Gasteiger partial charge in [0.25, 0.3) is 11.1 Å². The Labute approximate surface area is 253 Å². The summed E-state index contributed by atoms with van der Waals surface area (Å²) in [4.78, 5) is 54.8. The number of benzene rings is 1. The van der Waals surface area contributed by atoms with Crippen molar-refractivity contribution in [3.63, 3.8) is 0 Å². The predicted molar refractivity (Wildman–Crippen MR) is 159 cm³/mol. The molecule has 0 saturated carbocycles. The molecule has 0 aliphatic heterocycles. The lowest BCUT2D eigenvalue weighted by molar-refractivity contribution is -0.150. The third-order valence-electron chi connectivity index (χ3n) is 5.91. The number of aromatic nitrogens is 3. The Morgan fingerprint density at radius 2 is 1.83 bits per heavy atom. The molecule has 0 spiro atoms. The molecule has 2 atom stereocenters. The molecule has 2 heterocycles. The molecule has 1 amide bonds. The minimum Gasteiger partial charge on any atom is -0.461 e. The van der Waals surface area contributed by atoms with Crippen molar-refractivity contribution in [1.82, 2.24) is 19.4 Å². The van der Waals surface area contributed by atoms with Crippen LogP contribution in [0, 0.1) is 21.1 Å². The largest absolute Gasteiger partial charge is 0.461 e. The Hall–Kier alpha value is -3.60. The van der Waals surface area contributed by atoms with Crippen LogP contribution in [0.15, 0.2) is 34.1 Å². The number of esters is 1. The number of carbonyl (C=O) groups excluding carboxylic acids is 2. The number of ether oxygens (including phenoxy) is 2. The SMILES string of the molecule is CC(C)[C@@H](NC(=O)OC(C)(C)C)C(=O)OC[C@@H](O)Cn1cnc2c(c(Nc3ccc(I)cc3F)c(F)c(=O)n2C)c1=O. The van der Waals surface area contributed by atoms with Gasteiger partial charge in [0.05, 0.1) is 17.9 Å². The van der Waals surface area contributed by atoms with Gasteiger partial charge in [0, 0.05) is 10.6 Å². The summed E-state index contributed by atoms with van der Waals surface area (Å²) < 4.78 is 42.4. The second-order valence-electron chi connectivity index (χ2n) is 10.9. The molecule has 12 nitrogen and oxygen atoms in total. The van der Waals surface area contributed by atoms with Gasteiger partial charge >= 0.3 is 12.1 Å². The first-order valence-electron chi connectivity index (χ1n) is 12.8. The number of aryl methyl sites for hydroxylation is 1. The number of pyridine rings is 1.